The van der Waals surface area contributed by atoms with Crippen LogP contribution in [0.3, 0.4) is 0 Å². The zero-order chi connectivity index (χ0) is 31.3. The lowest BCUT2D eigenvalue weighted by molar-refractivity contribution is 0.661. The molecule has 0 aliphatic heterocycles. The molecule has 0 heterocycles. The molecule has 0 radical (unpaired) electrons. The van der Waals surface area contributed by atoms with Crippen LogP contribution in [0.2, 0.25) is 0 Å². The van der Waals surface area contributed by atoms with E-state index in [0.29, 0.717) is 0 Å². The average Bonchev–Trinajstić information content (AvgIpc) is 3.36. The molecule has 0 heteroatoms. The fourth-order valence-corrected chi connectivity index (χ4v) is 8.65. The summed E-state index contributed by atoms with van der Waals surface area (Å²) in [5.41, 5.74) is 10.6. The lowest BCUT2D eigenvalue weighted by Gasteiger charge is -2.23. The van der Waals surface area contributed by atoms with Gasteiger partial charge in [-0.25, -0.2) is 0 Å². The Morgan fingerprint density at radius 3 is 1.57 bits per heavy atom. The van der Waals surface area contributed by atoms with E-state index in [1.807, 2.05) is 0 Å². The molecule has 47 heavy (non-hydrogen) atoms. The van der Waals surface area contributed by atoms with E-state index in [4.69, 9.17) is 0 Å². The van der Waals surface area contributed by atoms with Gasteiger partial charge in [-0.05, 0) is 104 Å². The predicted octanol–water partition coefficient (Wildman–Crippen LogP) is 13.1. The first-order chi connectivity index (χ1) is 23.1. The molecule has 0 saturated heterocycles. The van der Waals surface area contributed by atoms with Gasteiger partial charge in [0.2, 0.25) is 0 Å². The summed E-state index contributed by atoms with van der Waals surface area (Å²) in [5.74, 6) is 0. The first kappa shape index (κ1) is 26.5. The molecule has 0 aromatic heterocycles. The molecule has 10 rings (SSSR count). The highest BCUT2D eigenvalue weighted by atomic mass is 14.4. The molecule has 0 atom stereocenters. The zero-order valence-corrected chi connectivity index (χ0v) is 26.5. The van der Waals surface area contributed by atoms with Crippen molar-refractivity contribution in [2.24, 2.45) is 0 Å². The second-order valence-corrected chi connectivity index (χ2v) is 13.6. The van der Waals surface area contributed by atoms with Gasteiger partial charge in [-0.15, -0.1) is 0 Å². The Morgan fingerprint density at radius 1 is 0.319 bits per heavy atom. The van der Waals surface area contributed by atoms with E-state index in [0.717, 1.165) is 0 Å². The number of rotatable bonds is 2. The normalized spacial score (nSPS) is 13.5. The Bertz CT molecular complexity index is 2700. The lowest BCUT2D eigenvalue weighted by atomic mass is 9.80. The van der Waals surface area contributed by atoms with Gasteiger partial charge in [-0.2, -0.15) is 0 Å². The van der Waals surface area contributed by atoms with Gasteiger partial charge in [0, 0.05) is 5.41 Å². The predicted molar refractivity (Wildman–Crippen MR) is 202 cm³/mol. The summed E-state index contributed by atoms with van der Waals surface area (Å²) in [4.78, 5) is 0. The van der Waals surface area contributed by atoms with Gasteiger partial charge in [0.1, 0.15) is 0 Å². The van der Waals surface area contributed by atoms with Gasteiger partial charge < -0.3 is 0 Å². The minimum absolute atomic E-state index is 0.0953. The molecule has 0 N–H and O–H groups in total. The third-order valence-corrected chi connectivity index (χ3v) is 10.8. The van der Waals surface area contributed by atoms with Gasteiger partial charge in [0.25, 0.3) is 0 Å². The third-order valence-electron chi connectivity index (χ3n) is 10.8. The van der Waals surface area contributed by atoms with E-state index in [2.05, 4.69) is 172 Å². The monoisotopic (exact) mass is 596 g/mol. The van der Waals surface area contributed by atoms with Crippen LogP contribution in [0, 0.1) is 0 Å². The topological polar surface area (TPSA) is 0 Å². The number of benzene rings is 9. The van der Waals surface area contributed by atoms with Gasteiger partial charge in [-0.3, -0.25) is 0 Å². The highest BCUT2D eigenvalue weighted by Crippen LogP contribution is 2.53. The maximum Gasteiger partial charge on any atom is 0.0159 e. The van der Waals surface area contributed by atoms with Crippen molar-refractivity contribution in [2.75, 3.05) is 0 Å². The van der Waals surface area contributed by atoms with Gasteiger partial charge in [-0.1, -0.05) is 166 Å². The first-order valence-corrected chi connectivity index (χ1v) is 16.6. The molecule has 0 nitrogen and oxygen atoms in total. The van der Waals surface area contributed by atoms with Crippen LogP contribution in [0.15, 0.2) is 158 Å². The SMILES string of the molecule is CC1(C)c2cc(-c3c4ccccc4c(-c4cccc5c4ccc4ccccc45)c4ccccc34)ccc2-c2c1ccc1ccccc21. The van der Waals surface area contributed by atoms with Crippen molar-refractivity contribution >= 4 is 53.9 Å². The largest absolute Gasteiger partial charge is 0.0616 e. The standard InChI is InChI=1S/C47H32/c1-47(2)42-27-24-30-13-4-6-15-33(30)46(42)41-26-23-31(28-43(41)47)44-37-16-7-9-18-39(37)45(40-19-10-8-17-38(40)44)36-21-11-20-34-32-14-5-3-12-29(32)22-25-35(34)36/h3-28H,1-2H3. The molecular weight excluding hydrogens is 565 g/mol. The summed E-state index contributed by atoms with van der Waals surface area (Å²) in [6, 6.07) is 58.9. The highest BCUT2D eigenvalue weighted by Gasteiger charge is 2.36. The number of hydrogen-bond acceptors (Lipinski definition) is 0. The molecule has 1 aliphatic carbocycles. The van der Waals surface area contributed by atoms with Crippen LogP contribution in [0.1, 0.15) is 25.0 Å². The van der Waals surface area contributed by atoms with Crippen molar-refractivity contribution in [3.63, 3.8) is 0 Å². The Morgan fingerprint density at radius 2 is 0.872 bits per heavy atom. The van der Waals surface area contributed by atoms with Crippen molar-refractivity contribution in [1.82, 2.24) is 0 Å². The highest BCUT2D eigenvalue weighted by molar-refractivity contribution is 6.25. The summed E-state index contributed by atoms with van der Waals surface area (Å²) in [6.45, 7) is 4.78. The van der Waals surface area contributed by atoms with Crippen LogP contribution < -0.4 is 0 Å². The maximum absolute atomic E-state index is 2.49. The Kier molecular flexibility index (Phi) is 5.44. The summed E-state index contributed by atoms with van der Waals surface area (Å²) in [5, 5.41) is 13.0. The second-order valence-electron chi connectivity index (χ2n) is 13.6. The van der Waals surface area contributed by atoms with Gasteiger partial charge in [0.05, 0.1) is 0 Å². The Balaban J connectivity index is 1.27. The zero-order valence-electron chi connectivity index (χ0n) is 26.5. The van der Waals surface area contributed by atoms with E-state index >= 15 is 0 Å². The van der Waals surface area contributed by atoms with Crippen LogP contribution in [-0.2, 0) is 5.41 Å². The van der Waals surface area contributed by atoms with Gasteiger partial charge in [0.15, 0.2) is 0 Å². The molecule has 9 aromatic rings. The van der Waals surface area contributed by atoms with Crippen LogP contribution in [0.4, 0.5) is 0 Å². The molecule has 1 aliphatic rings. The van der Waals surface area contributed by atoms with E-state index < -0.39 is 0 Å². The second kappa shape index (κ2) is 9.64. The van der Waals surface area contributed by atoms with Crippen LogP contribution in [-0.4, -0.2) is 0 Å². The molecule has 0 fully saturated rings. The molecule has 0 spiro atoms. The number of hydrogen-bond donors (Lipinski definition) is 0. The van der Waals surface area contributed by atoms with E-state index in [-0.39, 0.29) is 5.41 Å². The van der Waals surface area contributed by atoms with Crippen molar-refractivity contribution < 1.29 is 0 Å². The molecule has 0 unspecified atom stereocenters. The average molecular weight is 597 g/mol. The number of fused-ring (bicyclic) bond motifs is 10. The van der Waals surface area contributed by atoms with Crippen molar-refractivity contribution in [2.45, 2.75) is 19.3 Å². The fourth-order valence-electron chi connectivity index (χ4n) is 8.65. The minimum Gasteiger partial charge on any atom is -0.0616 e. The summed E-state index contributed by atoms with van der Waals surface area (Å²) in [6.07, 6.45) is 0. The van der Waals surface area contributed by atoms with Gasteiger partial charge >= 0.3 is 0 Å². The Hall–Kier alpha value is -5.72. The van der Waals surface area contributed by atoms with Crippen LogP contribution >= 0.6 is 0 Å². The third kappa shape index (κ3) is 3.64. The van der Waals surface area contributed by atoms with E-state index in [1.54, 1.807) is 0 Å². The van der Waals surface area contributed by atoms with Crippen LogP contribution in [0.25, 0.3) is 87.2 Å². The lowest BCUT2D eigenvalue weighted by Crippen LogP contribution is -2.15. The van der Waals surface area contributed by atoms with Crippen molar-refractivity contribution in [3.8, 4) is 33.4 Å². The molecule has 220 valence electrons. The molecule has 0 amide bonds. The molecule has 0 bridgehead atoms. The first-order valence-electron chi connectivity index (χ1n) is 16.6. The quantitative estimate of drug-likeness (QED) is 0.138. The van der Waals surface area contributed by atoms with Crippen molar-refractivity contribution in [1.29, 1.82) is 0 Å². The van der Waals surface area contributed by atoms with E-state index in [9.17, 15) is 0 Å². The van der Waals surface area contributed by atoms with Crippen LogP contribution in [0.5, 0.6) is 0 Å². The molecule has 0 saturated carbocycles. The summed E-state index contributed by atoms with van der Waals surface area (Å²) in [7, 11) is 0. The summed E-state index contributed by atoms with van der Waals surface area (Å²) >= 11 is 0. The molecular formula is C47H32. The Labute approximate surface area is 274 Å². The summed E-state index contributed by atoms with van der Waals surface area (Å²) < 4.78 is 0. The van der Waals surface area contributed by atoms with E-state index in [1.165, 1.54) is 98.4 Å². The molecule has 9 aromatic carbocycles. The smallest absolute Gasteiger partial charge is 0.0159 e. The fraction of sp³-hybridized carbons (Fsp3) is 0.0638. The minimum atomic E-state index is -0.0953. The van der Waals surface area contributed by atoms with Crippen molar-refractivity contribution in [3.05, 3.63) is 169 Å². The maximum atomic E-state index is 2.49.